The monoisotopic (exact) mass is 1560 g/mol. The van der Waals surface area contributed by atoms with Gasteiger partial charge in [0.2, 0.25) is 17.8 Å². The van der Waals surface area contributed by atoms with E-state index in [1.54, 1.807) is 165 Å². The maximum Gasteiger partial charge on any atom is 0.410 e. The highest BCUT2D eigenvalue weighted by Gasteiger charge is 2.45. The molecule has 6 aromatic heterocycles. The zero-order valence-corrected chi connectivity index (χ0v) is 65.4. The second-order valence-electron chi connectivity index (χ2n) is 30.2. The number of carboxylic acid groups (broad SMARTS) is 1. The minimum absolute atomic E-state index is 0. The molecule has 1 saturated carbocycles. The lowest BCUT2D eigenvalue weighted by atomic mass is 9.92. The summed E-state index contributed by atoms with van der Waals surface area (Å²) in [6.07, 6.45) is 18.8. The van der Waals surface area contributed by atoms with Crippen LogP contribution in [0.2, 0.25) is 0 Å². The molecule has 112 heavy (non-hydrogen) atoms. The Morgan fingerprint density at radius 3 is 1.20 bits per heavy atom. The van der Waals surface area contributed by atoms with Crippen LogP contribution in [0.5, 0.6) is 0 Å². The maximum absolute atomic E-state index is 13.9. The highest BCUT2D eigenvalue weighted by molar-refractivity contribution is 5.94. The van der Waals surface area contributed by atoms with Crippen LogP contribution in [0.25, 0.3) is 0 Å². The van der Waals surface area contributed by atoms with Gasteiger partial charge in [0.1, 0.15) is 23.4 Å². The molecule has 9 aromatic rings. The van der Waals surface area contributed by atoms with Gasteiger partial charge in [0.15, 0.2) is 0 Å². The molecule has 8 heterocycles. The van der Waals surface area contributed by atoms with E-state index in [0.29, 0.717) is 89.9 Å². The third-order valence-electron chi connectivity index (χ3n) is 19.6. The molecule has 2 aliphatic heterocycles. The Morgan fingerprint density at radius 2 is 0.848 bits per heavy atom. The number of aromatic nitrogens is 6. The Labute approximate surface area is 660 Å². The highest BCUT2D eigenvalue weighted by Crippen LogP contribution is 2.41. The molecule has 3 aliphatic rings. The quantitative estimate of drug-likeness (QED) is 0.0418. The van der Waals surface area contributed by atoms with Gasteiger partial charge in [-0.15, -0.1) is 12.4 Å². The molecule has 9 atom stereocenters. The van der Waals surface area contributed by atoms with Crippen LogP contribution in [-0.4, -0.2) is 156 Å². The van der Waals surface area contributed by atoms with E-state index in [4.69, 9.17) is 14.6 Å². The van der Waals surface area contributed by atoms with Crippen LogP contribution in [0.3, 0.4) is 0 Å². The van der Waals surface area contributed by atoms with Crippen LogP contribution in [0.15, 0.2) is 201 Å². The molecule has 0 radical (unpaired) electrons. The number of likely N-dealkylation sites (tertiary alicyclic amines) is 2. The van der Waals surface area contributed by atoms with Gasteiger partial charge in [-0.05, 0) is 220 Å². The van der Waals surface area contributed by atoms with Gasteiger partial charge in [-0.1, -0.05) is 72.8 Å². The number of amides is 4. The van der Waals surface area contributed by atoms with E-state index in [1.807, 2.05) is 90.1 Å². The summed E-state index contributed by atoms with van der Waals surface area (Å²) in [4.78, 5) is 92.4. The fraction of sp³-hybridized carbons (Fsp3) is 0.384. The topological polar surface area (TPSA) is 287 Å². The second-order valence-corrected chi connectivity index (χ2v) is 30.2. The number of benzene rings is 3. The first kappa shape index (κ1) is 87.0. The van der Waals surface area contributed by atoms with Gasteiger partial charge in [-0.3, -0.25) is 34.3 Å². The van der Waals surface area contributed by atoms with Gasteiger partial charge < -0.3 is 45.0 Å². The molecular formula is C86H103ClF3N11O11. The summed E-state index contributed by atoms with van der Waals surface area (Å²) < 4.78 is 51.7. The number of nitrogens with one attached hydrogen (secondary N) is 1. The van der Waals surface area contributed by atoms with Crippen molar-refractivity contribution >= 4 is 42.4 Å². The molecule has 12 rings (SSSR count). The van der Waals surface area contributed by atoms with Crippen LogP contribution < -0.4 is 5.32 Å². The number of rotatable bonds is 21. The first-order valence-electron chi connectivity index (χ1n) is 37.2. The normalized spacial score (nSPS) is 18.0. The minimum Gasteiger partial charge on any atom is -0.478 e. The smallest absolute Gasteiger partial charge is 0.410 e. The molecule has 26 heteroatoms. The van der Waals surface area contributed by atoms with E-state index >= 15 is 0 Å². The Bertz CT molecular complexity index is 4490. The fourth-order valence-corrected chi connectivity index (χ4v) is 14.1. The van der Waals surface area contributed by atoms with E-state index in [-0.39, 0.29) is 62.3 Å². The number of aliphatic hydroxyl groups excluding tert-OH is 3. The summed E-state index contributed by atoms with van der Waals surface area (Å²) >= 11 is 0. The lowest BCUT2D eigenvalue weighted by molar-refractivity contribution is -0.00520. The number of carbonyl (C=O) groups is 5. The van der Waals surface area contributed by atoms with Gasteiger partial charge in [-0.25, -0.2) is 29.3 Å². The van der Waals surface area contributed by atoms with Crippen LogP contribution in [-0.2, 0) is 48.4 Å². The third-order valence-corrected chi connectivity index (χ3v) is 19.6. The van der Waals surface area contributed by atoms with Gasteiger partial charge in [-0.2, -0.15) is 13.2 Å². The van der Waals surface area contributed by atoms with Gasteiger partial charge in [0.25, 0.3) is 11.8 Å². The van der Waals surface area contributed by atoms with Crippen LogP contribution >= 0.6 is 12.4 Å². The minimum atomic E-state index is -0.975. The predicted molar refractivity (Wildman–Crippen MR) is 422 cm³/mol. The van der Waals surface area contributed by atoms with Gasteiger partial charge in [0.05, 0.1) is 36.8 Å². The number of nitrogens with zero attached hydrogens (tertiary/aromatic N) is 10. The van der Waals surface area contributed by atoms with Crippen molar-refractivity contribution in [3.63, 3.8) is 0 Å². The molecule has 3 fully saturated rings. The van der Waals surface area contributed by atoms with Crippen molar-refractivity contribution in [1.29, 1.82) is 0 Å². The van der Waals surface area contributed by atoms with E-state index in [9.17, 15) is 52.5 Å². The number of aromatic carboxylic acids is 1. The Kier molecular flexibility index (Phi) is 31.9. The Hall–Kier alpha value is -10.6. The van der Waals surface area contributed by atoms with Crippen molar-refractivity contribution < 1.29 is 68.5 Å². The molecule has 0 bridgehead atoms. The first-order chi connectivity index (χ1) is 53.0. The SMILES string of the molecule is CC(C)(C)OC(=O)N1[C@H](Cc2ccc(C(=O)O)cc2)CC[C@@H]1[C@H](O)c1cccnc1.CN(Cc1cccnc1F)C(=O)c1ccc(C[C@@H]2CC[C@H]([C@H](O)c3cccnc3)C2)cc1.CN(Cc1cccnc1F)C(=O)c1ccc(C[C@@H]2CC[C@H]([C@H](O)c3cccnc3)N2C(=O)OC(C)(C)C)cc1.CNCc1cccnc1F.Cl.[HH]. The zero-order chi connectivity index (χ0) is 79.9. The van der Waals surface area contributed by atoms with E-state index < -0.39 is 77.6 Å². The lowest BCUT2D eigenvalue weighted by Crippen LogP contribution is -2.47. The van der Waals surface area contributed by atoms with Crippen molar-refractivity contribution in [2.45, 2.75) is 179 Å². The molecule has 5 N–H and O–H groups in total. The zero-order valence-electron chi connectivity index (χ0n) is 64.6. The Balaban J connectivity index is 0.000000220. The summed E-state index contributed by atoms with van der Waals surface area (Å²) in [7, 11) is 5.05. The summed E-state index contributed by atoms with van der Waals surface area (Å²) in [6, 6.07) is 41.2. The van der Waals surface area contributed by atoms with E-state index in [1.165, 1.54) is 34.0 Å². The average molecular weight is 1560 g/mol. The van der Waals surface area contributed by atoms with Crippen LogP contribution in [0.4, 0.5) is 22.8 Å². The molecule has 22 nitrogen and oxygen atoms in total. The molecular weight excluding hydrogens is 1460 g/mol. The van der Waals surface area contributed by atoms with Gasteiger partial charge >= 0.3 is 18.2 Å². The molecule has 1 aliphatic carbocycles. The van der Waals surface area contributed by atoms with Crippen molar-refractivity contribution in [2.24, 2.45) is 11.8 Å². The standard InChI is InChI=1S/C30H35FN4O4.C26H28FN3O2.C23H28N2O5.C7H9FN2.ClH.H2/c1-30(2,3)39-29(38)35-24(13-14-25(35)26(36)22-7-5-15-32-18-22)17-20-9-11-21(12-10-20)28(37)34(4)19-23-8-6-16-33-27(23)31;1-30(17-23-5-3-13-29-25(23)27)26(32)20-9-6-18(7-10-20)14-19-8-11-21(15-19)24(31)22-4-2-12-28-16-22;1-23(2,3)30-22(29)25-18(13-15-6-8-16(9-7-15)21(27)28)10-11-19(25)20(26)17-5-4-12-24-14-17;1-9-5-6-3-2-4-10-7(6)8;;/h5-12,15-16,18,24-26,36H,13-14,17,19H2,1-4H3;2-7,9-10,12-13,16,19,21,24,31H,8,11,14-15,17H2,1H3;4-9,12,14,18-20,26H,10-11,13H2,1-3H3,(H,27,28);2-4,9H,5H2,1H3;2*1H/t24-,25+,26+;19-,21-,24-;18-,19+,20+;;;/m000.../s1. The van der Waals surface area contributed by atoms with Crippen molar-refractivity contribution in [3.05, 3.63) is 286 Å². The van der Waals surface area contributed by atoms with Crippen LogP contribution in [0, 0.1) is 29.7 Å². The number of carbonyl (C=O) groups excluding carboxylic acids is 4. The maximum atomic E-state index is 13.9. The van der Waals surface area contributed by atoms with E-state index in [2.05, 4.69) is 35.2 Å². The molecule has 4 amide bonds. The molecule has 0 spiro atoms. The number of carboxylic acids is 1. The van der Waals surface area contributed by atoms with Crippen molar-refractivity contribution in [2.75, 3.05) is 21.1 Å². The predicted octanol–water partition coefficient (Wildman–Crippen LogP) is 14.9. The summed E-state index contributed by atoms with van der Waals surface area (Å²) in [5.74, 6) is -2.12. The van der Waals surface area contributed by atoms with Gasteiger partial charge in [0, 0.05) is 129 Å². The first-order valence-corrected chi connectivity index (χ1v) is 37.2. The number of hydrogen-bond acceptors (Lipinski definition) is 17. The molecule has 3 aromatic carbocycles. The number of ether oxygens (including phenoxy) is 2. The second kappa shape index (κ2) is 41.1. The average Bonchev–Trinajstić information content (AvgIpc) is 1.66. The molecule has 596 valence electrons. The molecule has 2 saturated heterocycles. The third kappa shape index (κ3) is 25.0. The summed E-state index contributed by atoms with van der Waals surface area (Å²) in [5, 5.41) is 44.7. The fourth-order valence-electron chi connectivity index (χ4n) is 14.1. The largest absolute Gasteiger partial charge is 0.478 e. The number of aliphatic hydroxyl groups is 3. The molecule has 0 unspecified atom stereocenters. The number of pyridine rings is 6. The number of hydrogen-bond donors (Lipinski definition) is 5. The summed E-state index contributed by atoms with van der Waals surface area (Å²) in [6.45, 7) is 11.7. The lowest BCUT2D eigenvalue weighted by Gasteiger charge is -2.34. The highest BCUT2D eigenvalue weighted by atomic mass is 35.5. The van der Waals surface area contributed by atoms with Crippen molar-refractivity contribution in [1.82, 2.24) is 54.8 Å². The Morgan fingerprint density at radius 1 is 0.491 bits per heavy atom. The van der Waals surface area contributed by atoms with Crippen molar-refractivity contribution in [3.8, 4) is 0 Å². The van der Waals surface area contributed by atoms with Crippen LogP contribution in [0.1, 0.15) is 187 Å². The van der Waals surface area contributed by atoms with E-state index in [0.717, 1.165) is 42.4 Å². The number of halogens is 4. The summed E-state index contributed by atoms with van der Waals surface area (Å²) in [5.41, 5.74) is 6.53.